The number of rotatable bonds is 8. The van der Waals surface area contributed by atoms with E-state index in [-0.39, 0.29) is 11.0 Å². The van der Waals surface area contributed by atoms with Crippen LogP contribution in [0.15, 0.2) is 64.2 Å². The van der Waals surface area contributed by atoms with Gasteiger partial charge in [-0.25, -0.2) is 0 Å². The summed E-state index contributed by atoms with van der Waals surface area (Å²) in [5.41, 5.74) is 1.44. The minimum atomic E-state index is 0. The third kappa shape index (κ3) is 8.03. The van der Waals surface area contributed by atoms with Crippen LogP contribution in [-0.2, 0) is 0 Å². The van der Waals surface area contributed by atoms with Crippen molar-refractivity contribution in [3.05, 3.63) is 59.2 Å². The van der Waals surface area contributed by atoms with E-state index >= 15 is 0 Å². The van der Waals surface area contributed by atoms with E-state index in [1.54, 1.807) is 0 Å². The lowest BCUT2D eigenvalue weighted by Gasteiger charge is -2.38. The SMILES string of the molecule is CC(C)[C@H](CN1CCC(C2C=CC(Cl)=CC2)CC1)NCC1C=C(C2C=CC=NC2)C=CC1.O.O. The second kappa shape index (κ2) is 14.2. The summed E-state index contributed by atoms with van der Waals surface area (Å²) in [5.74, 6) is 3.17. The number of piperidine rings is 1. The van der Waals surface area contributed by atoms with Crippen molar-refractivity contribution in [3.8, 4) is 0 Å². The van der Waals surface area contributed by atoms with Gasteiger partial charge in [-0.15, -0.1) is 0 Å². The van der Waals surface area contributed by atoms with E-state index in [4.69, 9.17) is 11.6 Å². The topological polar surface area (TPSA) is 90.6 Å². The summed E-state index contributed by atoms with van der Waals surface area (Å²) in [4.78, 5) is 7.13. The maximum atomic E-state index is 6.11. The van der Waals surface area contributed by atoms with Crippen LogP contribution in [0.4, 0.5) is 0 Å². The lowest BCUT2D eigenvalue weighted by molar-refractivity contribution is 0.138. The molecule has 6 heteroatoms. The summed E-state index contributed by atoms with van der Waals surface area (Å²) in [6.07, 6.45) is 24.9. The van der Waals surface area contributed by atoms with Gasteiger partial charge >= 0.3 is 0 Å². The Balaban J connectivity index is 0.00000204. The highest BCUT2D eigenvalue weighted by Crippen LogP contribution is 2.32. The van der Waals surface area contributed by atoms with Crippen molar-refractivity contribution in [2.45, 2.75) is 45.6 Å². The number of hydrogen-bond donors (Lipinski definition) is 1. The second-order valence-corrected chi connectivity index (χ2v) is 10.8. The fourth-order valence-electron chi connectivity index (χ4n) is 5.48. The first kappa shape index (κ1) is 28.7. The van der Waals surface area contributed by atoms with Gasteiger partial charge in [0.15, 0.2) is 0 Å². The van der Waals surface area contributed by atoms with Crippen molar-refractivity contribution in [1.29, 1.82) is 0 Å². The highest BCUT2D eigenvalue weighted by atomic mass is 35.5. The molecule has 2 heterocycles. The van der Waals surface area contributed by atoms with Crippen LogP contribution in [0.5, 0.6) is 0 Å². The number of nitrogens with zero attached hydrogens (tertiary/aromatic N) is 2. The van der Waals surface area contributed by atoms with Gasteiger partial charge < -0.3 is 21.2 Å². The smallest absolute Gasteiger partial charge is 0.0492 e. The molecule has 2 aliphatic carbocycles. The third-order valence-electron chi connectivity index (χ3n) is 7.67. The van der Waals surface area contributed by atoms with Crippen LogP contribution in [0.1, 0.15) is 39.5 Å². The summed E-state index contributed by atoms with van der Waals surface area (Å²) in [7, 11) is 0. The highest BCUT2D eigenvalue weighted by Gasteiger charge is 2.27. The van der Waals surface area contributed by atoms with E-state index in [1.165, 1.54) is 31.5 Å². The number of dihydropyridines is 1. The average molecular weight is 490 g/mol. The molecule has 0 amide bonds. The largest absolute Gasteiger partial charge is 0.412 e. The van der Waals surface area contributed by atoms with Crippen LogP contribution in [0.3, 0.4) is 0 Å². The number of allylic oxidation sites excluding steroid dienone is 7. The van der Waals surface area contributed by atoms with Gasteiger partial charge in [-0.2, -0.15) is 0 Å². The van der Waals surface area contributed by atoms with Crippen LogP contribution >= 0.6 is 11.6 Å². The molecule has 5 N–H and O–H groups in total. The molecular formula is C28H44ClN3O2. The normalized spacial score (nSPS) is 28.2. The van der Waals surface area contributed by atoms with Crippen LogP contribution in [0.2, 0.25) is 0 Å². The third-order valence-corrected chi connectivity index (χ3v) is 7.95. The van der Waals surface area contributed by atoms with Crippen LogP contribution in [0.25, 0.3) is 0 Å². The molecule has 0 bridgehead atoms. The maximum Gasteiger partial charge on any atom is 0.0492 e. The van der Waals surface area contributed by atoms with Gasteiger partial charge in [0.05, 0.1) is 0 Å². The molecule has 0 aromatic carbocycles. The van der Waals surface area contributed by atoms with Gasteiger partial charge in [0, 0.05) is 42.8 Å². The Morgan fingerprint density at radius 2 is 1.91 bits per heavy atom. The zero-order chi connectivity index (χ0) is 22.3. The maximum absolute atomic E-state index is 6.11. The molecule has 1 saturated heterocycles. The van der Waals surface area contributed by atoms with Crippen LogP contribution < -0.4 is 5.32 Å². The predicted molar refractivity (Wildman–Crippen MR) is 146 cm³/mol. The molecule has 0 aromatic heterocycles. The van der Waals surface area contributed by atoms with Crippen molar-refractivity contribution < 1.29 is 11.0 Å². The zero-order valence-electron chi connectivity index (χ0n) is 20.8. The van der Waals surface area contributed by atoms with Crippen molar-refractivity contribution in [1.82, 2.24) is 10.2 Å². The first-order valence-electron chi connectivity index (χ1n) is 12.6. The molecule has 1 fully saturated rings. The molecule has 4 atom stereocenters. The Kier molecular flexibility index (Phi) is 12.0. The molecule has 0 aromatic rings. The molecule has 4 rings (SSSR count). The van der Waals surface area contributed by atoms with E-state index in [2.05, 4.69) is 77.7 Å². The molecule has 4 aliphatic rings. The zero-order valence-corrected chi connectivity index (χ0v) is 21.6. The number of nitrogens with one attached hydrogen (secondary N) is 1. The van der Waals surface area contributed by atoms with Crippen LogP contribution in [0, 0.1) is 29.6 Å². The monoisotopic (exact) mass is 489 g/mol. The number of aliphatic imine (C=N–C) groups is 1. The standard InChI is InChI=1S/C28H40ClN3.2H2O/c1-21(2)28(20-32-15-12-24(13-16-32)23-8-10-27(29)11-9-23)31-18-22-5-3-6-25(17-22)26-7-4-14-30-19-26;;/h3-4,6-8,10-11,14,17,21-24,26,28,31H,5,9,12-13,15-16,18-20H2,1-2H3;2*1H2/t22?,23?,26?,28-;;/m0../s1. The summed E-state index contributed by atoms with van der Waals surface area (Å²) >= 11 is 6.11. The summed E-state index contributed by atoms with van der Waals surface area (Å²) in [6, 6.07) is 0.546. The molecule has 34 heavy (non-hydrogen) atoms. The van der Waals surface area contributed by atoms with Gasteiger partial charge in [0.1, 0.15) is 0 Å². The van der Waals surface area contributed by atoms with Gasteiger partial charge in [0.2, 0.25) is 0 Å². The first-order chi connectivity index (χ1) is 15.6. The minimum absolute atomic E-state index is 0. The van der Waals surface area contributed by atoms with Crippen molar-refractivity contribution in [2.24, 2.45) is 34.6 Å². The number of halogens is 1. The molecule has 190 valence electrons. The van der Waals surface area contributed by atoms with E-state index in [9.17, 15) is 0 Å². The summed E-state index contributed by atoms with van der Waals surface area (Å²) in [5, 5.41) is 4.84. The quantitative estimate of drug-likeness (QED) is 0.555. The molecule has 0 saturated carbocycles. The lowest BCUT2D eigenvalue weighted by atomic mass is 9.80. The minimum Gasteiger partial charge on any atom is -0.412 e. The Morgan fingerprint density at radius 3 is 2.56 bits per heavy atom. The Bertz CT molecular complexity index is 806. The lowest BCUT2D eigenvalue weighted by Crippen LogP contribution is -2.48. The molecule has 0 spiro atoms. The number of likely N-dealkylation sites (tertiary alicyclic amines) is 1. The molecule has 0 radical (unpaired) electrons. The van der Waals surface area contributed by atoms with Crippen molar-refractivity contribution in [3.63, 3.8) is 0 Å². The summed E-state index contributed by atoms with van der Waals surface area (Å²) in [6.45, 7) is 10.3. The second-order valence-electron chi connectivity index (χ2n) is 10.3. The van der Waals surface area contributed by atoms with Gasteiger partial charge in [-0.05, 0) is 80.2 Å². The fourth-order valence-corrected chi connectivity index (χ4v) is 5.64. The molecule has 2 aliphatic heterocycles. The Hall–Kier alpha value is -1.50. The summed E-state index contributed by atoms with van der Waals surface area (Å²) < 4.78 is 0. The number of hydrogen-bond acceptors (Lipinski definition) is 3. The van der Waals surface area contributed by atoms with E-state index in [0.717, 1.165) is 43.4 Å². The highest BCUT2D eigenvalue weighted by molar-refractivity contribution is 6.31. The average Bonchev–Trinajstić information content (AvgIpc) is 2.83. The fraction of sp³-hybridized carbons (Fsp3) is 0.607. The molecule has 5 nitrogen and oxygen atoms in total. The van der Waals surface area contributed by atoms with E-state index < -0.39 is 0 Å². The van der Waals surface area contributed by atoms with Crippen LogP contribution in [-0.4, -0.2) is 60.8 Å². The Morgan fingerprint density at radius 1 is 1.12 bits per heavy atom. The first-order valence-corrected chi connectivity index (χ1v) is 13.0. The van der Waals surface area contributed by atoms with Gasteiger partial charge in [-0.3, -0.25) is 4.99 Å². The van der Waals surface area contributed by atoms with Gasteiger partial charge in [0.25, 0.3) is 0 Å². The van der Waals surface area contributed by atoms with Crippen molar-refractivity contribution in [2.75, 3.05) is 32.7 Å². The Labute approximate surface area is 211 Å². The molecule has 3 unspecified atom stereocenters. The van der Waals surface area contributed by atoms with E-state index in [0.29, 0.717) is 29.7 Å². The predicted octanol–water partition coefficient (Wildman–Crippen LogP) is 4.12. The molecular weight excluding hydrogens is 446 g/mol. The van der Waals surface area contributed by atoms with Gasteiger partial charge in [-0.1, -0.05) is 61.9 Å². The van der Waals surface area contributed by atoms with Crippen molar-refractivity contribution >= 4 is 17.8 Å². The van der Waals surface area contributed by atoms with E-state index in [1.807, 2.05) is 6.21 Å².